The first-order valence-electron chi connectivity index (χ1n) is 3.45. The average molecular weight is 160 g/mol. The molecule has 0 saturated carbocycles. The van der Waals surface area contributed by atoms with Gasteiger partial charge in [-0.1, -0.05) is 0 Å². The SMILES string of the molecule is COC(C)(OC)OC=C(C)C. The second-order valence-corrected chi connectivity index (χ2v) is 2.58. The molecule has 0 N–H and O–H groups in total. The molecule has 0 aromatic heterocycles. The maximum Gasteiger partial charge on any atom is 0.322 e. The van der Waals surface area contributed by atoms with Crippen molar-refractivity contribution in [3.63, 3.8) is 0 Å². The second kappa shape index (κ2) is 4.36. The van der Waals surface area contributed by atoms with Crippen LogP contribution in [0.2, 0.25) is 0 Å². The molecular formula is C8H16O3. The summed E-state index contributed by atoms with van der Waals surface area (Å²) >= 11 is 0. The van der Waals surface area contributed by atoms with E-state index in [2.05, 4.69) is 0 Å². The molecule has 0 aromatic rings. The van der Waals surface area contributed by atoms with Crippen LogP contribution in [0, 0.1) is 0 Å². The maximum absolute atomic E-state index is 5.18. The summed E-state index contributed by atoms with van der Waals surface area (Å²) in [6.45, 7) is 5.57. The van der Waals surface area contributed by atoms with Gasteiger partial charge < -0.3 is 14.2 Å². The van der Waals surface area contributed by atoms with Crippen LogP contribution in [0.5, 0.6) is 0 Å². The Bertz CT molecular complexity index is 132. The average Bonchev–Trinajstić information content (AvgIpc) is 2.00. The van der Waals surface area contributed by atoms with E-state index in [0.717, 1.165) is 5.57 Å². The van der Waals surface area contributed by atoms with Crippen molar-refractivity contribution in [2.75, 3.05) is 14.2 Å². The van der Waals surface area contributed by atoms with E-state index in [1.807, 2.05) is 13.8 Å². The van der Waals surface area contributed by atoms with Gasteiger partial charge in [-0.2, -0.15) is 0 Å². The fraction of sp³-hybridized carbons (Fsp3) is 0.750. The van der Waals surface area contributed by atoms with Gasteiger partial charge in [-0.15, -0.1) is 0 Å². The number of hydrogen-bond acceptors (Lipinski definition) is 3. The highest BCUT2D eigenvalue weighted by Crippen LogP contribution is 2.12. The van der Waals surface area contributed by atoms with Crippen molar-refractivity contribution < 1.29 is 14.2 Å². The van der Waals surface area contributed by atoms with Crippen molar-refractivity contribution >= 4 is 0 Å². The fourth-order valence-electron chi connectivity index (χ4n) is 0.404. The summed E-state index contributed by atoms with van der Waals surface area (Å²) in [5, 5.41) is 0. The Labute approximate surface area is 67.9 Å². The molecule has 0 rings (SSSR count). The Morgan fingerprint density at radius 3 is 1.91 bits per heavy atom. The zero-order chi connectivity index (χ0) is 8.91. The number of hydrogen-bond donors (Lipinski definition) is 0. The third-order valence-corrected chi connectivity index (χ3v) is 1.25. The topological polar surface area (TPSA) is 27.7 Å². The molecule has 3 heteroatoms. The first-order chi connectivity index (χ1) is 5.04. The maximum atomic E-state index is 5.18. The third-order valence-electron chi connectivity index (χ3n) is 1.25. The van der Waals surface area contributed by atoms with Gasteiger partial charge in [0.2, 0.25) is 0 Å². The van der Waals surface area contributed by atoms with Crippen molar-refractivity contribution in [1.29, 1.82) is 0 Å². The van der Waals surface area contributed by atoms with E-state index in [4.69, 9.17) is 14.2 Å². The smallest absolute Gasteiger partial charge is 0.322 e. The quantitative estimate of drug-likeness (QED) is 0.464. The molecule has 0 atom stereocenters. The highest BCUT2D eigenvalue weighted by Gasteiger charge is 2.22. The number of ether oxygens (including phenoxy) is 3. The van der Waals surface area contributed by atoms with E-state index >= 15 is 0 Å². The molecule has 0 fully saturated rings. The molecule has 0 radical (unpaired) electrons. The summed E-state index contributed by atoms with van der Waals surface area (Å²) in [6, 6.07) is 0. The molecule has 3 nitrogen and oxygen atoms in total. The first-order valence-corrected chi connectivity index (χ1v) is 3.45. The summed E-state index contributed by atoms with van der Waals surface area (Å²) in [5.41, 5.74) is 1.06. The van der Waals surface area contributed by atoms with Gasteiger partial charge in [0.05, 0.1) is 6.26 Å². The van der Waals surface area contributed by atoms with E-state index < -0.39 is 5.97 Å². The molecule has 0 aromatic carbocycles. The minimum atomic E-state index is -0.961. The van der Waals surface area contributed by atoms with Crippen molar-refractivity contribution in [3.8, 4) is 0 Å². The lowest BCUT2D eigenvalue weighted by molar-refractivity contribution is -0.329. The summed E-state index contributed by atoms with van der Waals surface area (Å²) in [4.78, 5) is 0. The van der Waals surface area contributed by atoms with Gasteiger partial charge in [-0.3, -0.25) is 0 Å². The van der Waals surface area contributed by atoms with E-state index in [-0.39, 0.29) is 0 Å². The van der Waals surface area contributed by atoms with Crippen LogP contribution in [0.3, 0.4) is 0 Å². The summed E-state index contributed by atoms with van der Waals surface area (Å²) in [7, 11) is 3.06. The van der Waals surface area contributed by atoms with Crippen molar-refractivity contribution in [3.05, 3.63) is 11.8 Å². The molecule has 0 heterocycles. The molecule has 0 saturated heterocycles. The molecule has 0 bridgehead atoms. The van der Waals surface area contributed by atoms with Crippen LogP contribution in [0.15, 0.2) is 11.8 Å². The van der Waals surface area contributed by atoms with Crippen LogP contribution < -0.4 is 0 Å². The standard InChI is InChI=1S/C8H16O3/c1-7(2)6-11-8(3,9-4)10-5/h6H,1-5H3. The normalized spacial score (nSPS) is 11.0. The minimum Gasteiger partial charge on any atom is -0.447 e. The Morgan fingerprint density at radius 1 is 1.18 bits per heavy atom. The largest absolute Gasteiger partial charge is 0.447 e. The van der Waals surface area contributed by atoms with Gasteiger partial charge in [-0.05, 0) is 19.4 Å². The molecule has 0 spiro atoms. The Kier molecular flexibility index (Phi) is 4.15. The predicted octanol–water partition coefficient (Wildman–Crippen LogP) is 1.89. The molecule has 0 aliphatic rings. The lowest BCUT2D eigenvalue weighted by Crippen LogP contribution is -2.31. The molecule has 0 unspecified atom stereocenters. The zero-order valence-electron chi connectivity index (χ0n) is 7.80. The third kappa shape index (κ3) is 4.01. The van der Waals surface area contributed by atoms with Crippen LogP contribution >= 0.6 is 0 Å². The first kappa shape index (κ1) is 10.5. The fourth-order valence-corrected chi connectivity index (χ4v) is 0.404. The number of allylic oxidation sites excluding steroid dienone is 1. The Hall–Kier alpha value is -0.540. The Balaban J connectivity index is 3.98. The molecule has 0 aliphatic carbocycles. The highest BCUT2D eigenvalue weighted by atomic mass is 16.9. The molecule has 66 valence electrons. The zero-order valence-corrected chi connectivity index (χ0v) is 7.80. The number of rotatable bonds is 4. The monoisotopic (exact) mass is 160 g/mol. The molecular weight excluding hydrogens is 144 g/mol. The highest BCUT2D eigenvalue weighted by molar-refractivity contribution is 4.86. The van der Waals surface area contributed by atoms with Crippen LogP contribution in [0.25, 0.3) is 0 Å². The molecule has 0 amide bonds. The van der Waals surface area contributed by atoms with Crippen molar-refractivity contribution in [1.82, 2.24) is 0 Å². The van der Waals surface area contributed by atoms with Gasteiger partial charge in [0.15, 0.2) is 0 Å². The number of methoxy groups -OCH3 is 2. The van der Waals surface area contributed by atoms with Gasteiger partial charge in [0.25, 0.3) is 0 Å². The Morgan fingerprint density at radius 2 is 1.64 bits per heavy atom. The minimum absolute atomic E-state index is 0.961. The van der Waals surface area contributed by atoms with E-state index in [0.29, 0.717) is 0 Å². The van der Waals surface area contributed by atoms with Crippen LogP contribution in [-0.4, -0.2) is 20.2 Å². The second-order valence-electron chi connectivity index (χ2n) is 2.58. The van der Waals surface area contributed by atoms with Crippen molar-refractivity contribution in [2.24, 2.45) is 0 Å². The summed E-state index contributed by atoms with van der Waals surface area (Å²) in [5.74, 6) is -0.961. The summed E-state index contributed by atoms with van der Waals surface area (Å²) in [6.07, 6.45) is 1.60. The molecule has 0 aliphatic heterocycles. The van der Waals surface area contributed by atoms with Gasteiger partial charge >= 0.3 is 5.97 Å². The molecule has 11 heavy (non-hydrogen) atoms. The predicted molar refractivity (Wildman–Crippen MR) is 42.9 cm³/mol. The van der Waals surface area contributed by atoms with E-state index in [1.54, 1.807) is 13.2 Å². The van der Waals surface area contributed by atoms with Crippen molar-refractivity contribution in [2.45, 2.75) is 26.7 Å². The van der Waals surface area contributed by atoms with Gasteiger partial charge in [0, 0.05) is 21.1 Å². The van der Waals surface area contributed by atoms with E-state index in [1.165, 1.54) is 14.2 Å². The van der Waals surface area contributed by atoms with Gasteiger partial charge in [0.1, 0.15) is 0 Å². The van der Waals surface area contributed by atoms with Gasteiger partial charge in [-0.25, -0.2) is 0 Å². The van der Waals surface area contributed by atoms with Crippen LogP contribution in [-0.2, 0) is 14.2 Å². The van der Waals surface area contributed by atoms with E-state index in [9.17, 15) is 0 Å². The van der Waals surface area contributed by atoms with Crippen LogP contribution in [0.4, 0.5) is 0 Å². The lowest BCUT2D eigenvalue weighted by atomic mass is 10.4. The summed E-state index contributed by atoms with van der Waals surface area (Å²) < 4.78 is 15.1. The van der Waals surface area contributed by atoms with Crippen LogP contribution in [0.1, 0.15) is 20.8 Å². The lowest BCUT2D eigenvalue weighted by Gasteiger charge is -2.24.